The van der Waals surface area contributed by atoms with Crippen molar-refractivity contribution in [1.29, 1.82) is 0 Å². The lowest BCUT2D eigenvalue weighted by Gasteiger charge is -2.14. The highest BCUT2D eigenvalue weighted by atomic mass is 16.5. The molecular weight excluding hydrogens is 262 g/mol. The zero-order valence-electron chi connectivity index (χ0n) is 13.4. The van der Waals surface area contributed by atoms with Gasteiger partial charge in [-0.05, 0) is 24.9 Å². The first kappa shape index (κ1) is 17.4. The van der Waals surface area contributed by atoms with Crippen LogP contribution in [0.3, 0.4) is 0 Å². The zero-order valence-corrected chi connectivity index (χ0v) is 13.4. The molecule has 0 aromatic heterocycles. The molecule has 0 saturated carbocycles. The summed E-state index contributed by atoms with van der Waals surface area (Å²) in [6.07, 6.45) is 6.87. The number of terminal acetylenes is 1. The zero-order chi connectivity index (χ0) is 15.5. The summed E-state index contributed by atoms with van der Waals surface area (Å²) in [5.41, 5.74) is 1.14. The lowest BCUT2D eigenvalue weighted by Crippen LogP contribution is -2.19. The second kappa shape index (κ2) is 10.1. The van der Waals surface area contributed by atoms with E-state index >= 15 is 0 Å². The highest BCUT2D eigenvalue weighted by molar-refractivity contribution is 5.40. The molecule has 0 unspecified atom stereocenters. The van der Waals surface area contributed by atoms with Crippen molar-refractivity contribution >= 4 is 0 Å². The van der Waals surface area contributed by atoms with Gasteiger partial charge in [0.05, 0.1) is 13.2 Å². The molecule has 0 amide bonds. The molecule has 21 heavy (non-hydrogen) atoms. The largest absolute Gasteiger partial charge is 0.493 e. The van der Waals surface area contributed by atoms with E-state index < -0.39 is 0 Å². The molecular formula is C18H27NO2. The van der Waals surface area contributed by atoms with Gasteiger partial charge >= 0.3 is 0 Å². The average Bonchev–Trinajstić information content (AvgIpc) is 2.46. The maximum Gasteiger partial charge on any atom is 0.127 e. The minimum Gasteiger partial charge on any atom is -0.493 e. The van der Waals surface area contributed by atoms with E-state index in [1.165, 1.54) is 0 Å². The second-order valence-corrected chi connectivity index (χ2v) is 5.45. The Kier molecular flexibility index (Phi) is 8.38. The fraction of sp³-hybridized carbons (Fsp3) is 0.556. The van der Waals surface area contributed by atoms with Crippen LogP contribution in [0.25, 0.3) is 0 Å². The molecule has 0 bridgehead atoms. The molecule has 0 spiro atoms. The van der Waals surface area contributed by atoms with Crippen molar-refractivity contribution in [3.05, 3.63) is 23.8 Å². The molecule has 116 valence electrons. The van der Waals surface area contributed by atoms with Crippen molar-refractivity contribution in [3.8, 4) is 23.8 Å². The number of ether oxygens (including phenoxy) is 2. The predicted molar refractivity (Wildman–Crippen MR) is 87.7 cm³/mol. The average molecular weight is 289 g/mol. The van der Waals surface area contributed by atoms with Crippen molar-refractivity contribution in [2.75, 3.05) is 19.8 Å². The van der Waals surface area contributed by atoms with Gasteiger partial charge in [0.25, 0.3) is 0 Å². The van der Waals surface area contributed by atoms with E-state index in [4.69, 9.17) is 15.9 Å². The molecule has 1 aromatic rings. The molecule has 0 aliphatic heterocycles. The molecule has 0 aliphatic rings. The van der Waals surface area contributed by atoms with Crippen LogP contribution in [0, 0.1) is 18.3 Å². The Labute approximate surface area is 129 Å². The Morgan fingerprint density at radius 2 is 2.05 bits per heavy atom. The van der Waals surface area contributed by atoms with Gasteiger partial charge in [0.2, 0.25) is 0 Å². The molecule has 0 aliphatic carbocycles. The van der Waals surface area contributed by atoms with E-state index in [2.05, 4.69) is 38.1 Å². The third-order valence-corrected chi connectivity index (χ3v) is 2.88. The fourth-order valence-corrected chi connectivity index (χ4v) is 1.84. The van der Waals surface area contributed by atoms with Gasteiger partial charge in [0.1, 0.15) is 11.5 Å². The number of benzene rings is 1. The fourth-order valence-electron chi connectivity index (χ4n) is 1.84. The molecule has 0 heterocycles. The Morgan fingerprint density at radius 3 is 2.71 bits per heavy atom. The molecule has 1 N–H and O–H groups in total. The van der Waals surface area contributed by atoms with E-state index in [9.17, 15) is 0 Å². The summed E-state index contributed by atoms with van der Waals surface area (Å²) in [5.74, 6) is 4.92. The van der Waals surface area contributed by atoms with Crippen LogP contribution >= 0.6 is 0 Å². The van der Waals surface area contributed by atoms with Crippen molar-refractivity contribution < 1.29 is 9.47 Å². The van der Waals surface area contributed by atoms with Crippen LogP contribution in [0.2, 0.25) is 0 Å². The minimum absolute atomic E-state index is 0.533. The normalized spacial score (nSPS) is 10.4. The predicted octanol–water partition coefficient (Wildman–Crippen LogP) is 3.62. The van der Waals surface area contributed by atoms with Gasteiger partial charge in [-0.1, -0.05) is 26.8 Å². The monoisotopic (exact) mass is 289 g/mol. The standard InChI is InChI=1S/C18H27NO2/c1-5-7-11-21-18-12-17(20-10-6-2)9-8-16(18)14-19-13-15(3)4/h1,8-9,12,15,19H,6-7,10-11,13-14H2,2-4H3. The Morgan fingerprint density at radius 1 is 1.24 bits per heavy atom. The van der Waals surface area contributed by atoms with Gasteiger partial charge < -0.3 is 14.8 Å². The first-order chi connectivity index (χ1) is 10.2. The lowest BCUT2D eigenvalue weighted by molar-refractivity contribution is 0.303. The third-order valence-electron chi connectivity index (χ3n) is 2.88. The van der Waals surface area contributed by atoms with Crippen molar-refractivity contribution in [1.82, 2.24) is 5.32 Å². The second-order valence-electron chi connectivity index (χ2n) is 5.45. The third kappa shape index (κ3) is 7.06. The molecule has 0 saturated heterocycles. The maximum absolute atomic E-state index is 5.79. The van der Waals surface area contributed by atoms with Gasteiger partial charge in [0.15, 0.2) is 0 Å². The summed E-state index contributed by atoms with van der Waals surface area (Å²) in [6.45, 7) is 9.50. The highest BCUT2D eigenvalue weighted by Gasteiger charge is 2.06. The van der Waals surface area contributed by atoms with Crippen LogP contribution < -0.4 is 14.8 Å². The van der Waals surface area contributed by atoms with E-state index in [1.54, 1.807) is 0 Å². The van der Waals surface area contributed by atoms with E-state index in [1.807, 2.05) is 12.1 Å². The quantitative estimate of drug-likeness (QED) is 0.527. The van der Waals surface area contributed by atoms with Crippen LogP contribution in [-0.4, -0.2) is 19.8 Å². The molecule has 0 atom stereocenters. The Balaban J connectivity index is 2.71. The molecule has 3 nitrogen and oxygen atoms in total. The Hall–Kier alpha value is -1.66. The molecule has 1 rings (SSSR count). The first-order valence-electron chi connectivity index (χ1n) is 7.70. The van der Waals surface area contributed by atoms with Crippen LogP contribution in [0.15, 0.2) is 18.2 Å². The van der Waals surface area contributed by atoms with E-state index in [-0.39, 0.29) is 0 Å². The summed E-state index contributed by atoms with van der Waals surface area (Å²) in [7, 11) is 0. The van der Waals surface area contributed by atoms with Gasteiger partial charge in [-0.15, -0.1) is 12.3 Å². The van der Waals surface area contributed by atoms with Gasteiger partial charge in [0, 0.05) is 24.6 Å². The molecule has 0 fully saturated rings. The topological polar surface area (TPSA) is 30.5 Å². The number of hydrogen-bond donors (Lipinski definition) is 1. The smallest absolute Gasteiger partial charge is 0.127 e. The summed E-state index contributed by atoms with van der Waals surface area (Å²) in [5, 5.41) is 3.43. The highest BCUT2D eigenvalue weighted by Crippen LogP contribution is 2.25. The number of hydrogen-bond acceptors (Lipinski definition) is 3. The van der Waals surface area contributed by atoms with E-state index in [0.717, 1.165) is 43.2 Å². The van der Waals surface area contributed by atoms with Crippen LogP contribution in [0.5, 0.6) is 11.5 Å². The SMILES string of the molecule is C#CCCOc1cc(OCCC)ccc1CNCC(C)C. The van der Waals surface area contributed by atoms with Gasteiger partial charge in [-0.2, -0.15) is 0 Å². The Bertz CT molecular complexity index is 449. The number of nitrogens with one attached hydrogen (secondary N) is 1. The summed E-state index contributed by atoms with van der Waals surface area (Å²) in [6, 6.07) is 6.01. The summed E-state index contributed by atoms with van der Waals surface area (Å²) in [4.78, 5) is 0. The molecule has 1 aromatic carbocycles. The number of rotatable bonds is 10. The van der Waals surface area contributed by atoms with E-state index in [0.29, 0.717) is 18.9 Å². The summed E-state index contributed by atoms with van der Waals surface area (Å²) < 4.78 is 11.5. The van der Waals surface area contributed by atoms with Crippen LogP contribution in [0.1, 0.15) is 39.2 Å². The molecule has 0 radical (unpaired) electrons. The summed E-state index contributed by atoms with van der Waals surface area (Å²) >= 11 is 0. The van der Waals surface area contributed by atoms with Crippen molar-refractivity contribution in [2.45, 2.75) is 40.2 Å². The van der Waals surface area contributed by atoms with Crippen molar-refractivity contribution in [3.63, 3.8) is 0 Å². The van der Waals surface area contributed by atoms with Gasteiger partial charge in [-0.3, -0.25) is 0 Å². The molecule has 3 heteroatoms. The van der Waals surface area contributed by atoms with Crippen molar-refractivity contribution in [2.24, 2.45) is 5.92 Å². The maximum atomic E-state index is 5.79. The minimum atomic E-state index is 0.533. The first-order valence-corrected chi connectivity index (χ1v) is 7.70. The van der Waals surface area contributed by atoms with Gasteiger partial charge in [-0.25, -0.2) is 0 Å². The van der Waals surface area contributed by atoms with Crippen LogP contribution in [-0.2, 0) is 6.54 Å². The van der Waals surface area contributed by atoms with Crippen LogP contribution in [0.4, 0.5) is 0 Å². The lowest BCUT2D eigenvalue weighted by atomic mass is 10.1.